The number of aromatic nitrogens is 1. The third-order valence-electron chi connectivity index (χ3n) is 2.58. The molecule has 0 saturated heterocycles. The van der Waals surface area contributed by atoms with Crippen molar-refractivity contribution in [1.82, 2.24) is 4.98 Å². The predicted molar refractivity (Wildman–Crippen MR) is 71.2 cm³/mol. The summed E-state index contributed by atoms with van der Waals surface area (Å²) in [7, 11) is 0. The lowest BCUT2D eigenvalue weighted by molar-refractivity contribution is -0.140. The minimum atomic E-state index is -0.447. The first-order chi connectivity index (χ1) is 9.11. The van der Waals surface area contributed by atoms with Gasteiger partial charge >= 0.3 is 5.97 Å². The zero-order valence-corrected chi connectivity index (χ0v) is 10.4. The summed E-state index contributed by atoms with van der Waals surface area (Å²) in [6.45, 7) is 2.01. The van der Waals surface area contributed by atoms with Crippen molar-refractivity contribution in [1.29, 1.82) is 0 Å². The number of anilines is 2. The van der Waals surface area contributed by atoms with Crippen molar-refractivity contribution >= 4 is 28.2 Å². The van der Waals surface area contributed by atoms with Gasteiger partial charge in [0.25, 0.3) is 0 Å². The van der Waals surface area contributed by atoms with E-state index in [1.165, 1.54) is 12.1 Å². The highest BCUT2D eigenvalue weighted by Gasteiger charge is 2.08. The van der Waals surface area contributed by atoms with E-state index < -0.39 is 11.8 Å². The molecular formula is C13H14FN3O2. The highest BCUT2D eigenvalue weighted by atomic mass is 19.1. The topological polar surface area (TPSA) is 77.2 Å². The number of rotatable bonds is 4. The van der Waals surface area contributed by atoms with Crippen molar-refractivity contribution in [2.75, 3.05) is 24.2 Å². The summed E-state index contributed by atoms with van der Waals surface area (Å²) < 4.78 is 18.2. The average Bonchev–Trinajstić information content (AvgIpc) is 2.36. The summed E-state index contributed by atoms with van der Waals surface area (Å²) in [5, 5.41) is 4.03. The molecule has 0 amide bonds. The van der Waals surface area contributed by atoms with Gasteiger partial charge in [0.15, 0.2) is 0 Å². The monoisotopic (exact) mass is 263 g/mol. The number of carbonyl (C=O) groups excluding carboxylic acids is 1. The molecule has 2 rings (SSSR count). The molecule has 1 aromatic carbocycles. The fraction of sp³-hybridized carbons (Fsp3) is 0.231. The Morgan fingerprint density at radius 2 is 2.26 bits per heavy atom. The van der Waals surface area contributed by atoms with Crippen molar-refractivity contribution in [3.05, 3.63) is 30.2 Å². The second-order valence-electron chi connectivity index (χ2n) is 3.91. The van der Waals surface area contributed by atoms with E-state index in [1.807, 2.05) is 0 Å². The molecule has 5 nitrogen and oxygen atoms in total. The first-order valence-corrected chi connectivity index (χ1v) is 5.85. The van der Waals surface area contributed by atoms with E-state index in [0.29, 0.717) is 28.9 Å². The van der Waals surface area contributed by atoms with Crippen LogP contribution in [0.15, 0.2) is 24.4 Å². The van der Waals surface area contributed by atoms with Gasteiger partial charge in [0.05, 0.1) is 6.61 Å². The maximum Gasteiger partial charge on any atom is 0.325 e. The molecule has 19 heavy (non-hydrogen) atoms. The molecule has 1 heterocycles. The standard InChI is InChI=1S/C13H14FN3O2/c1-2-19-12(18)7-17-13-10-5-8(14)6-11(15)9(10)3-4-16-13/h3-6H,2,7,15H2,1H3,(H,16,17). The number of ether oxygens (including phenoxy) is 1. The summed E-state index contributed by atoms with van der Waals surface area (Å²) in [6.07, 6.45) is 1.55. The van der Waals surface area contributed by atoms with E-state index in [0.717, 1.165) is 0 Å². The number of hydrogen-bond acceptors (Lipinski definition) is 5. The number of nitrogens with zero attached hydrogens (tertiary/aromatic N) is 1. The van der Waals surface area contributed by atoms with Gasteiger partial charge in [-0.05, 0) is 25.1 Å². The van der Waals surface area contributed by atoms with Crippen molar-refractivity contribution in [3.8, 4) is 0 Å². The molecule has 0 aliphatic carbocycles. The Kier molecular flexibility index (Phi) is 3.79. The lowest BCUT2D eigenvalue weighted by Crippen LogP contribution is -2.17. The summed E-state index contributed by atoms with van der Waals surface area (Å²) >= 11 is 0. The van der Waals surface area contributed by atoms with E-state index in [1.54, 1.807) is 19.2 Å². The molecule has 100 valence electrons. The van der Waals surface area contributed by atoms with Gasteiger partial charge in [0, 0.05) is 22.7 Å². The van der Waals surface area contributed by atoms with Crippen LogP contribution >= 0.6 is 0 Å². The highest BCUT2D eigenvalue weighted by Crippen LogP contribution is 2.27. The summed E-state index contributed by atoms with van der Waals surface area (Å²) in [5.41, 5.74) is 6.07. The molecule has 0 aliphatic heterocycles. The molecule has 6 heteroatoms. The largest absolute Gasteiger partial charge is 0.465 e. The number of fused-ring (bicyclic) bond motifs is 1. The normalized spacial score (nSPS) is 10.4. The molecule has 0 spiro atoms. The Morgan fingerprint density at radius 1 is 1.47 bits per heavy atom. The number of esters is 1. The predicted octanol–water partition coefficient (Wildman–Crippen LogP) is 1.93. The fourth-order valence-corrected chi connectivity index (χ4v) is 1.79. The lowest BCUT2D eigenvalue weighted by atomic mass is 10.1. The number of nitrogens with two attached hydrogens (primary N) is 1. The number of nitrogens with one attached hydrogen (secondary N) is 1. The van der Waals surface area contributed by atoms with Gasteiger partial charge in [-0.3, -0.25) is 4.79 Å². The summed E-state index contributed by atoms with van der Waals surface area (Å²) in [5.74, 6) is -0.445. The molecule has 0 fully saturated rings. The van der Waals surface area contributed by atoms with Crippen LogP contribution in [-0.4, -0.2) is 24.1 Å². The number of carbonyl (C=O) groups is 1. The minimum Gasteiger partial charge on any atom is -0.465 e. The van der Waals surface area contributed by atoms with Crippen molar-refractivity contribution in [2.45, 2.75) is 6.92 Å². The average molecular weight is 263 g/mol. The van der Waals surface area contributed by atoms with Crippen LogP contribution in [0.3, 0.4) is 0 Å². The van der Waals surface area contributed by atoms with E-state index >= 15 is 0 Å². The number of nitrogen functional groups attached to an aromatic ring is 1. The van der Waals surface area contributed by atoms with Crippen LogP contribution < -0.4 is 11.1 Å². The first kappa shape index (κ1) is 13.1. The van der Waals surface area contributed by atoms with Crippen LogP contribution in [0.25, 0.3) is 10.8 Å². The highest BCUT2D eigenvalue weighted by molar-refractivity contribution is 5.99. The van der Waals surface area contributed by atoms with Crippen LogP contribution in [0.5, 0.6) is 0 Å². The van der Waals surface area contributed by atoms with Gasteiger partial charge in [-0.2, -0.15) is 0 Å². The van der Waals surface area contributed by atoms with E-state index in [4.69, 9.17) is 10.5 Å². The number of hydrogen-bond donors (Lipinski definition) is 2. The van der Waals surface area contributed by atoms with Crippen molar-refractivity contribution in [3.63, 3.8) is 0 Å². The Labute approximate surface area is 109 Å². The fourth-order valence-electron chi connectivity index (χ4n) is 1.79. The van der Waals surface area contributed by atoms with Crippen LogP contribution in [0.4, 0.5) is 15.9 Å². The molecule has 3 N–H and O–H groups in total. The van der Waals surface area contributed by atoms with Crippen LogP contribution in [0.2, 0.25) is 0 Å². The van der Waals surface area contributed by atoms with Crippen LogP contribution in [0, 0.1) is 5.82 Å². The van der Waals surface area contributed by atoms with Crippen LogP contribution in [-0.2, 0) is 9.53 Å². The molecule has 0 radical (unpaired) electrons. The van der Waals surface area contributed by atoms with Gasteiger partial charge in [-0.1, -0.05) is 0 Å². The van der Waals surface area contributed by atoms with Gasteiger partial charge in [0.1, 0.15) is 18.2 Å². The van der Waals surface area contributed by atoms with Crippen molar-refractivity contribution < 1.29 is 13.9 Å². The van der Waals surface area contributed by atoms with E-state index in [-0.39, 0.29) is 6.54 Å². The quantitative estimate of drug-likeness (QED) is 0.651. The first-order valence-electron chi connectivity index (χ1n) is 5.85. The molecule has 2 aromatic rings. The molecule has 0 saturated carbocycles. The van der Waals surface area contributed by atoms with Crippen molar-refractivity contribution in [2.24, 2.45) is 0 Å². The number of benzene rings is 1. The zero-order valence-electron chi connectivity index (χ0n) is 10.4. The second-order valence-corrected chi connectivity index (χ2v) is 3.91. The maximum atomic E-state index is 13.4. The smallest absolute Gasteiger partial charge is 0.325 e. The van der Waals surface area contributed by atoms with E-state index in [9.17, 15) is 9.18 Å². The number of halogens is 1. The molecule has 0 unspecified atom stereocenters. The van der Waals surface area contributed by atoms with Gasteiger partial charge < -0.3 is 15.8 Å². The Balaban J connectivity index is 2.30. The molecule has 0 aliphatic rings. The summed E-state index contributed by atoms with van der Waals surface area (Å²) in [6, 6.07) is 4.27. The molecule has 1 aromatic heterocycles. The Morgan fingerprint density at radius 3 is 3.00 bits per heavy atom. The summed E-state index contributed by atoms with van der Waals surface area (Å²) in [4.78, 5) is 15.4. The SMILES string of the molecule is CCOC(=O)CNc1nccc2c(N)cc(F)cc12. The molecule has 0 atom stereocenters. The maximum absolute atomic E-state index is 13.4. The van der Waals surface area contributed by atoms with Gasteiger partial charge in [-0.15, -0.1) is 0 Å². The lowest BCUT2D eigenvalue weighted by Gasteiger charge is -2.09. The van der Waals surface area contributed by atoms with Gasteiger partial charge in [0.2, 0.25) is 0 Å². The minimum absolute atomic E-state index is 0.0314. The Bertz CT molecular complexity index is 616. The molecule has 0 bridgehead atoms. The van der Waals surface area contributed by atoms with Gasteiger partial charge in [-0.25, -0.2) is 9.37 Å². The third kappa shape index (κ3) is 2.90. The second kappa shape index (κ2) is 5.51. The number of pyridine rings is 1. The van der Waals surface area contributed by atoms with E-state index in [2.05, 4.69) is 10.3 Å². The Hall–Kier alpha value is -2.37. The third-order valence-corrected chi connectivity index (χ3v) is 2.58. The molecular weight excluding hydrogens is 249 g/mol. The zero-order chi connectivity index (χ0) is 13.8. The van der Waals surface area contributed by atoms with Crippen LogP contribution in [0.1, 0.15) is 6.92 Å².